The molecule has 1 fully saturated rings. The highest BCUT2D eigenvalue weighted by Crippen LogP contribution is 2.36. The summed E-state index contributed by atoms with van der Waals surface area (Å²) in [4.78, 5) is 16.4. The topological polar surface area (TPSA) is 73.5 Å². The van der Waals surface area contributed by atoms with Crippen molar-refractivity contribution >= 4 is 33.3 Å². The van der Waals surface area contributed by atoms with Gasteiger partial charge in [0.25, 0.3) is 0 Å². The van der Waals surface area contributed by atoms with Gasteiger partial charge in [-0.2, -0.15) is 5.10 Å². The Balaban J connectivity index is 1.26. The van der Waals surface area contributed by atoms with E-state index < -0.39 is 0 Å². The molecule has 7 heteroatoms. The summed E-state index contributed by atoms with van der Waals surface area (Å²) in [7, 11) is 0. The minimum absolute atomic E-state index is 0.782. The second kappa shape index (κ2) is 8.69. The fraction of sp³-hybridized carbons (Fsp3) is 0.207. The number of thiophene rings is 1. The van der Waals surface area contributed by atoms with Gasteiger partial charge in [0.05, 0.1) is 11.2 Å². The zero-order chi connectivity index (χ0) is 24.1. The zero-order valence-electron chi connectivity index (χ0n) is 20.0. The molecule has 1 atom stereocenters. The lowest BCUT2D eigenvalue weighted by molar-refractivity contribution is 0.320. The van der Waals surface area contributed by atoms with Crippen molar-refractivity contribution in [3.8, 4) is 33.0 Å². The highest BCUT2D eigenvalue weighted by atomic mass is 32.1. The number of nitrogens with zero attached hydrogens (tertiary/aromatic N) is 4. The Morgan fingerprint density at radius 1 is 1.06 bits per heavy atom. The molecule has 0 amide bonds. The first-order chi connectivity index (χ1) is 17.7. The first-order valence-corrected chi connectivity index (χ1v) is 13.3. The summed E-state index contributed by atoms with van der Waals surface area (Å²) < 4.78 is 0. The van der Waals surface area contributed by atoms with Gasteiger partial charge in [-0.05, 0) is 71.8 Å². The van der Waals surface area contributed by atoms with Crippen LogP contribution in [0.1, 0.15) is 18.9 Å². The number of fused-ring (bicyclic) bond motifs is 2. The smallest absolute Gasteiger partial charge is 0.138 e. The fourth-order valence-corrected chi connectivity index (χ4v) is 6.13. The lowest BCUT2D eigenvalue weighted by Gasteiger charge is -2.15. The van der Waals surface area contributed by atoms with Gasteiger partial charge in [-0.15, -0.1) is 11.3 Å². The Morgan fingerprint density at radius 2 is 2.03 bits per heavy atom. The van der Waals surface area contributed by atoms with Crippen molar-refractivity contribution in [3.63, 3.8) is 0 Å². The van der Waals surface area contributed by atoms with Crippen LogP contribution in [-0.4, -0.2) is 43.1 Å². The molecule has 7 rings (SSSR count). The molecule has 1 aliphatic heterocycles. The van der Waals surface area contributed by atoms with Crippen LogP contribution in [0.15, 0.2) is 72.5 Å². The Hall–Kier alpha value is -3.81. The van der Waals surface area contributed by atoms with Gasteiger partial charge in [-0.3, -0.25) is 15.0 Å². The van der Waals surface area contributed by atoms with E-state index in [4.69, 9.17) is 0 Å². The Labute approximate surface area is 213 Å². The van der Waals surface area contributed by atoms with Crippen LogP contribution in [0.2, 0.25) is 0 Å². The molecule has 178 valence electrons. The van der Waals surface area contributed by atoms with Crippen molar-refractivity contribution in [2.75, 3.05) is 13.1 Å². The maximum absolute atomic E-state index is 4.68. The fourth-order valence-electron chi connectivity index (χ4n) is 5.36. The molecule has 1 saturated heterocycles. The number of likely N-dealkylation sites (tertiary alicyclic amines) is 1. The summed E-state index contributed by atoms with van der Waals surface area (Å²) >= 11 is 1.74. The molecule has 0 bridgehead atoms. The molecule has 2 N–H and O–H groups in total. The maximum atomic E-state index is 4.68. The van der Waals surface area contributed by atoms with Crippen molar-refractivity contribution in [3.05, 3.63) is 78.1 Å². The molecular weight excluding hydrogens is 464 g/mol. The van der Waals surface area contributed by atoms with Crippen LogP contribution < -0.4 is 0 Å². The summed E-state index contributed by atoms with van der Waals surface area (Å²) in [6.45, 7) is 5.63. The van der Waals surface area contributed by atoms with Crippen molar-refractivity contribution in [2.24, 2.45) is 5.92 Å². The van der Waals surface area contributed by atoms with Crippen LogP contribution in [0.5, 0.6) is 0 Å². The number of aromatic nitrogens is 5. The van der Waals surface area contributed by atoms with E-state index in [-0.39, 0.29) is 0 Å². The van der Waals surface area contributed by atoms with Crippen LogP contribution in [-0.2, 0) is 6.54 Å². The van der Waals surface area contributed by atoms with E-state index in [0.29, 0.717) is 0 Å². The predicted octanol–water partition coefficient (Wildman–Crippen LogP) is 6.74. The number of H-pyrrole nitrogens is 2. The van der Waals surface area contributed by atoms with Gasteiger partial charge in [-0.1, -0.05) is 19.1 Å². The number of pyridine rings is 2. The molecule has 0 aliphatic carbocycles. The quantitative estimate of drug-likeness (QED) is 0.281. The average molecular weight is 491 g/mol. The number of aromatic amines is 2. The number of benzene rings is 1. The van der Waals surface area contributed by atoms with E-state index in [0.717, 1.165) is 56.9 Å². The molecule has 1 aromatic carbocycles. The van der Waals surface area contributed by atoms with Gasteiger partial charge in [0.2, 0.25) is 0 Å². The molecule has 0 saturated carbocycles. The summed E-state index contributed by atoms with van der Waals surface area (Å²) in [6.07, 6.45) is 7.10. The van der Waals surface area contributed by atoms with Crippen molar-refractivity contribution in [1.82, 2.24) is 30.0 Å². The average Bonchev–Trinajstić information content (AvgIpc) is 3.69. The van der Waals surface area contributed by atoms with Crippen molar-refractivity contribution in [2.45, 2.75) is 19.9 Å². The largest absolute Gasteiger partial charge is 0.338 e. The van der Waals surface area contributed by atoms with Gasteiger partial charge >= 0.3 is 0 Å². The molecule has 0 radical (unpaired) electrons. The third kappa shape index (κ3) is 3.81. The number of hydrogen-bond donors (Lipinski definition) is 2. The molecular formula is C29H26N6S. The van der Waals surface area contributed by atoms with Gasteiger partial charge < -0.3 is 4.98 Å². The molecule has 1 aliphatic rings. The molecule has 0 spiro atoms. The van der Waals surface area contributed by atoms with Crippen LogP contribution in [0, 0.1) is 5.92 Å². The van der Waals surface area contributed by atoms with Crippen LogP contribution in [0.4, 0.5) is 0 Å². The van der Waals surface area contributed by atoms with E-state index in [1.54, 1.807) is 11.3 Å². The molecule has 6 heterocycles. The summed E-state index contributed by atoms with van der Waals surface area (Å²) in [5.74, 6) is 0.782. The van der Waals surface area contributed by atoms with E-state index in [1.807, 2.05) is 18.6 Å². The Bertz CT molecular complexity index is 1680. The zero-order valence-corrected chi connectivity index (χ0v) is 20.8. The highest BCUT2D eigenvalue weighted by molar-refractivity contribution is 7.13. The monoisotopic (exact) mass is 490 g/mol. The summed E-state index contributed by atoms with van der Waals surface area (Å²) in [6, 6.07) is 17.2. The maximum Gasteiger partial charge on any atom is 0.138 e. The molecule has 6 nitrogen and oxygen atoms in total. The van der Waals surface area contributed by atoms with Gasteiger partial charge in [-0.25, -0.2) is 4.98 Å². The minimum atomic E-state index is 0.782. The van der Waals surface area contributed by atoms with Crippen molar-refractivity contribution in [1.29, 1.82) is 0 Å². The first-order valence-electron chi connectivity index (χ1n) is 12.4. The third-order valence-corrected chi connectivity index (χ3v) is 8.08. The first kappa shape index (κ1) is 21.5. The Morgan fingerprint density at radius 3 is 2.89 bits per heavy atom. The second-order valence-corrected chi connectivity index (χ2v) is 10.8. The van der Waals surface area contributed by atoms with Crippen molar-refractivity contribution < 1.29 is 0 Å². The summed E-state index contributed by atoms with van der Waals surface area (Å²) in [5, 5.41) is 12.2. The molecule has 36 heavy (non-hydrogen) atoms. The lowest BCUT2D eigenvalue weighted by Crippen LogP contribution is -2.19. The van der Waals surface area contributed by atoms with Gasteiger partial charge in [0.1, 0.15) is 11.3 Å². The third-order valence-electron chi connectivity index (χ3n) is 7.18. The number of hydrogen-bond acceptors (Lipinski definition) is 5. The van der Waals surface area contributed by atoms with Gasteiger partial charge in [0.15, 0.2) is 0 Å². The van der Waals surface area contributed by atoms with E-state index in [2.05, 4.69) is 90.9 Å². The minimum Gasteiger partial charge on any atom is -0.338 e. The SMILES string of the molecule is CC1CCN(Cc2cncc(-c3ccc4[nH]nc(-c5cc6c(-c7cccs7)ccnc6[nH]5)c4c3)c2)C1. The van der Waals surface area contributed by atoms with E-state index >= 15 is 0 Å². The predicted molar refractivity (Wildman–Crippen MR) is 147 cm³/mol. The molecule has 5 aromatic heterocycles. The standard InChI is InChI=1S/C29H26N6S/c1-18-7-9-35(16-18)17-19-11-21(15-30-14-19)20-4-5-25-24(12-20)28(34-33-25)26-13-23-22(27-3-2-10-36-27)6-8-31-29(23)32-26/h2-6,8,10-15,18H,7,9,16-17H2,1H3,(H,31,32)(H,33,34). The Kier molecular flexibility index (Phi) is 5.18. The molecule has 6 aromatic rings. The van der Waals surface area contributed by atoms with E-state index in [1.165, 1.54) is 35.5 Å². The van der Waals surface area contributed by atoms with E-state index in [9.17, 15) is 0 Å². The number of rotatable bonds is 5. The second-order valence-electron chi connectivity index (χ2n) is 9.82. The lowest BCUT2D eigenvalue weighted by atomic mass is 10.0. The van der Waals surface area contributed by atoms with Crippen LogP contribution in [0.3, 0.4) is 0 Å². The number of nitrogens with one attached hydrogen (secondary N) is 2. The van der Waals surface area contributed by atoms with Crippen LogP contribution >= 0.6 is 11.3 Å². The summed E-state index contributed by atoms with van der Waals surface area (Å²) in [5.41, 5.74) is 8.46. The van der Waals surface area contributed by atoms with Crippen LogP contribution in [0.25, 0.3) is 54.9 Å². The normalized spacial score (nSPS) is 16.4. The molecule has 1 unspecified atom stereocenters. The highest BCUT2D eigenvalue weighted by Gasteiger charge is 2.19. The van der Waals surface area contributed by atoms with Gasteiger partial charge in [0, 0.05) is 58.5 Å².